The smallest absolute Gasteiger partial charge is 0.254 e. The Hall–Kier alpha value is 0.220. The zero-order valence-electron chi connectivity index (χ0n) is 11.1. The van der Waals surface area contributed by atoms with Crippen molar-refractivity contribution < 1.29 is 9.59 Å². The fourth-order valence-electron chi connectivity index (χ4n) is 1.30. The molecule has 12 heteroatoms. The molecule has 24 heavy (non-hydrogen) atoms. The van der Waals surface area contributed by atoms with Crippen molar-refractivity contribution in [3.05, 3.63) is 46.0 Å². The van der Waals surface area contributed by atoms with E-state index >= 15 is 0 Å². The quantitative estimate of drug-likeness (QED) is 0.373. The maximum Gasteiger partial charge on any atom is 0.254 e. The van der Waals surface area contributed by atoms with Crippen molar-refractivity contribution in [1.82, 2.24) is 9.97 Å². The summed E-state index contributed by atoms with van der Waals surface area (Å²) in [5.41, 5.74) is 0.361. The molecule has 2 aromatic rings. The van der Waals surface area contributed by atoms with E-state index in [1.807, 2.05) is 0 Å². The van der Waals surface area contributed by atoms with Crippen LogP contribution in [0.2, 0.25) is 10.2 Å². The monoisotopic (exact) mass is 490 g/mol. The second kappa shape index (κ2) is 8.74. The third-order valence-electron chi connectivity index (χ3n) is 2.33. The number of alkyl halides is 6. The van der Waals surface area contributed by atoms with Crippen LogP contribution in [0.15, 0.2) is 24.4 Å². The number of nitrogens with one attached hydrogen (secondary N) is 2. The molecule has 2 N–H and O–H groups in total. The Kier molecular flexibility index (Phi) is 8.11. The molecule has 2 aromatic heterocycles. The molecule has 0 aliphatic heterocycles. The molecule has 4 nitrogen and oxygen atoms in total. The summed E-state index contributed by atoms with van der Waals surface area (Å²) in [6.45, 7) is 0. The number of Topliss-reactive ketones (excluding diaryl/α,β-unsaturated/α-hetero) is 2. The number of carbonyl (C=O) groups is 2. The summed E-state index contributed by atoms with van der Waals surface area (Å²) in [5.74, 6) is -1.25. The van der Waals surface area contributed by atoms with Gasteiger partial charge in [0.1, 0.15) is 5.15 Å². The maximum atomic E-state index is 11.3. The SMILES string of the molecule is O=C(c1cc(Cl)c(Cl)[nH]1)C(Cl)(Cl)Cl.O=C(c1ccc[nH]1)C(Cl)(Cl)Cl. The van der Waals surface area contributed by atoms with Crippen LogP contribution in [0.3, 0.4) is 0 Å². The molecule has 132 valence electrons. The van der Waals surface area contributed by atoms with Crippen LogP contribution in [0.1, 0.15) is 21.0 Å². The fourth-order valence-corrected chi connectivity index (χ4v) is 2.23. The van der Waals surface area contributed by atoms with Gasteiger partial charge in [-0.05, 0) is 18.2 Å². The molecule has 0 bridgehead atoms. The summed E-state index contributed by atoms with van der Waals surface area (Å²) in [6, 6.07) is 4.50. The molecule has 0 radical (unpaired) electrons. The van der Waals surface area contributed by atoms with Gasteiger partial charge in [0.15, 0.2) is 0 Å². The lowest BCUT2D eigenvalue weighted by atomic mass is 10.3. The van der Waals surface area contributed by atoms with E-state index in [2.05, 4.69) is 9.97 Å². The zero-order chi connectivity index (χ0) is 18.7. The average molecular weight is 494 g/mol. The molecule has 0 saturated heterocycles. The van der Waals surface area contributed by atoms with Gasteiger partial charge in [0.25, 0.3) is 7.59 Å². The largest absolute Gasteiger partial charge is 0.359 e. The lowest BCUT2D eigenvalue weighted by molar-refractivity contribution is 0.0984. The van der Waals surface area contributed by atoms with Gasteiger partial charge in [-0.15, -0.1) is 0 Å². The molecule has 0 spiro atoms. The van der Waals surface area contributed by atoms with Gasteiger partial charge in [-0.2, -0.15) is 0 Å². The number of aromatic nitrogens is 2. The Morgan fingerprint density at radius 2 is 1.38 bits per heavy atom. The molecule has 0 aromatic carbocycles. The summed E-state index contributed by atoms with van der Waals surface area (Å²) in [4.78, 5) is 27.5. The standard InChI is InChI=1S/C6H2Cl5NO.C6H4Cl3NO/c7-2-1-3(12-5(2)8)4(13)6(9,10)11;7-6(8,9)5(11)4-2-1-3-10-4/h1,12H;1-3,10H. The molecule has 2 heterocycles. The van der Waals surface area contributed by atoms with Crippen LogP contribution in [-0.2, 0) is 0 Å². The second-order valence-electron chi connectivity index (χ2n) is 4.08. The van der Waals surface area contributed by atoms with E-state index in [-0.39, 0.29) is 15.9 Å². The number of ketones is 2. The van der Waals surface area contributed by atoms with Gasteiger partial charge in [-0.3, -0.25) is 9.59 Å². The highest BCUT2D eigenvalue weighted by atomic mass is 35.6. The van der Waals surface area contributed by atoms with Gasteiger partial charge in [0, 0.05) is 6.20 Å². The van der Waals surface area contributed by atoms with Crippen molar-refractivity contribution >= 4 is 104 Å². The van der Waals surface area contributed by atoms with Crippen molar-refractivity contribution in [3.63, 3.8) is 0 Å². The Bertz CT molecular complexity index is 693. The Labute approximate surface area is 176 Å². The Balaban J connectivity index is 0.000000243. The minimum atomic E-state index is -2.00. The van der Waals surface area contributed by atoms with Gasteiger partial charge >= 0.3 is 0 Å². The first kappa shape index (κ1) is 22.3. The summed E-state index contributed by atoms with van der Waals surface area (Å²) >= 11 is 43.2. The molecule has 2 rings (SSSR count). The number of hydrogen-bond donors (Lipinski definition) is 2. The van der Waals surface area contributed by atoms with Gasteiger partial charge in [0.2, 0.25) is 11.6 Å². The molecule has 0 aliphatic carbocycles. The Morgan fingerprint density at radius 3 is 1.71 bits per heavy atom. The lowest BCUT2D eigenvalue weighted by Gasteiger charge is -2.06. The first-order valence-corrected chi connectivity index (χ1v) is 8.77. The normalized spacial score (nSPS) is 11.7. The van der Waals surface area contributed by atoms with E-state index in [4.69, 9.17) is 92.8 Å². The highest BCUT2D eigenvalue weighted by Gasteiger charge is 2.33. The summed E-state index contributed by atoms with van der Waals surface area (Å²) in [6.07, 6.45) is 1.59. The Morgan fingerprint density at radius 1 is 0.875 bits per heavy atom. The number of hydrogen-bond acceptors (Lipinski definition) is 2. The van der Waals surface area contributed by atoms with Crippen molar-refractivity contribution in [2.45, 2.75) is 7.59 Å². The van der Waals surface area contributed by atoms with Crippen LogP contribution in [-0.4, -0.2) is 29.1 Å². The number of halogens is 8. The predicted octanol–water partition coefficient (Wildman–Crippen LogP) is 6.44. The summed E-state index contributed by atoms with van der Waals surface area (Å²) in [5, 5.41) is 0.346. The fraction of sp³-hybridized carbons (Fsp3) is 0.167. The second-order valence-corrected chi connectivity index (χ2v) is 9.43. The highest BCUT2D eigenvalue weighted by molar-refractivity contribution is 6.78. The predicted molar refractivity (Wildman–Crippen MR) is 101 cm³/mol. The van der Waals surface area contributed by atoms with Crippen molar-refractivity contribution in [2.24, 2.45) is 0 Å². The van der Waals surface area contributed by atoms with E-state index in [0.717, 1.165) is 0 Å². The zero-order valence-corrected chi connectivity index (χ0v) is 17.2. The van der Waals surface area contributed by atoms with Gasteiger partial charge in [-0.25, -0.2) is 0 Å². The van der Waals surface area contributed by atoms with Crippen LogP contribution in [0.25, 0.3) is 0 Å². The highest BCUT2D eigenvalue weighted by Crippen LogP contribution is 2.32. The van der Waals surface area contributed by atoms with E-state index in [1.165, 1.54) is 6.07 Å². The van der Waals surface area contributed by atoms with Gasteiger partial charge in [0.05, 0.1) is 16.4 Å². The van der Waals surface area contributed by atoms with Crippen LogP contribution in [0.5, 0.6) is 0 Å². The first-order valence-electron chi connectivity index (χ1n) is 5.74. The molecule has 0 aliphatic rings. The number of rotatable bonds is 2. The van der Waals surface area contributed by atoms with E-state index in [9.17, 15) is 9.59 Å². The molecule has 0 fully saturated rings. The molecule has 0 unspecified atom stereocenters. The van der Waals surface area contributed by atoms with Gasteiger partial charge < -0.3 is 9.97 Å². The van der Waals surface area contributed by atoms with Crippen LogP contribution in [0.4, 0.5) is 0 Å². The van der Waals surface area contributed by atoms with E-state index < -0.39 is 19.2 Å². The molecule has 0 atom stereocenters. The third-order valence-corrected chi connectivity index (χ3v) is 4.05. The molecular formula is C12H6Cl8N2O2. The average Bonchev–Trinajstić information content (AvgIpc) is 3.07. The van der Waals surface area contributed by atoms with E-state index in [0.29, 0.717) is 5.69 Å². The summed E-state index contributed by atoms with van der Waals surface area (Å²) < 4.78 is -3.87. The van der Waals surface area contributed by atoms with Crippen molar-refractivity contribution in [3.8, 4) is 0 Å². The molecular weight excluding hydrogens is 488 g/mol. The van der Waals surface area contributed by atoms with Crippen molar-refractivity contribution in [1.29, 1.82) is 0 Å². The van der Waals surface area contributed by atoms with Gasteiger partial charge in [-0.1, -0.05) is 92.8 Å². The minimum absolute atomic E-state index is 0.0648. The van der Waals surface area contributed by atoms with Crippen LogP contribution < -0.4 is 0 Å². The summed E-state index contributed by atoms with van der Waals surface area (Å²) in [7, 11) is 0. The number of carbonyl (C=O) groups excluding carboxylic acids is 2. The third kappa shape index (κ3) is 6.50. The van der Waals surface area contributed by atoms with Crippen molar-refractivity contribution in [2.75, 3.05) is 0 Å². The first-order chi connectivity index (χ1) is 10.8. The minimum Gasteiger partial charge on any atom is -0.359 e. The number of aromatic amines is 2. The topological polar surface area (TPSA) is 65.7 Å². The lowest BCUT2D eigenvalue weighted by Crippen LogP contribution is -2.19. The maximum absolute atomic E-state index is 11.3. The molecule has 0 saturated carbocycles. The number of H-pyrrole nitrogens is 2. The van der Waals surface area contributed by atoms with E-state index in [1.54, 1.807) is 18.3 Å². The molecule has 0 amide bonds. The van der Waals surface area contributed by atoms with Crippen LogP contribution in [0, 0.1) is 0 Å². The van der Waals surface area contributed by atoms with Crippen LogP contribution >= 0.6 is 92.8 Å².